The number of hydrogen-bond donors (Lipinski definition) is 2. The highest BCUT2D eigenvalue weighted by molar-refractivity contribution is 6.31. The van der Waals surface area contributed by atoms with Gasteiger partial charge in [0.25, 0.3) is 0 Å². The Morgan fingerprint density at radius 3 is 2.27 bits per heavy atom. The molecule has 0 aromatic heterocycles. The van der Waals surface area contributed by atoms with Crippen LogP contribution in [-0.4, -0.2) is 17.2 Å². The topological polar surface area (TPSA) is 75.6 Å². The monoisotopic (exact) mass is 339 g/mol. The molecule has 2 aromatic carbocycles. The zero-order valence-corrected chi connectivity index (χ0v) is 12.6. The molecule has 0 aliphatic rings. The van der Waals surface area contributed by atoms with Crippen molar-refractivity contribution in [1.29, 1.82) is 0 Å². The number of anilines is 1. The largest absolute Gasteiger partial charge is 0.478 e. The molecule has 1 amide bonds. The van der Waals surface area contributed by atoms with Crippen molar-refractivity contribution < 1.29 is 19.4 Å². The van der Waals surface area contributed by atoms with Crippen molar-refractivity contribution >= 4 is 41.0 Å². The average molecular weight is 340 g/mol. The first-order valence-corrected chi connectivity index (χ1v) is 6.93. The lowest BCUT2D eigenvalue weighted by Gasteiger charge is -2.15. The molecule has 0 bridgehead atoms. The first-order chi connectivity index (χ1) is 10.5. The molecule has 0 saturated heterocycles. The number of hydrogen-bond acceptors (Lipinski definition) is 3. The van der Waals surface area contributed by atoms with E-state index in [4.69, 9.17) is 27.9 Å². The Morgan fingerprint density at radius 2 is 1.68 bits per heavy atom. The Labute approximate surface area is 136 Å². The third-order valence-electron chi connectivity index (χ3n) is 2.73. The van der Waals surface area contributed by atoms with Gasteiger partial charge in [0.05, 0.1) is 0 Å². The van der Waals surface area contributed by atoms with Crippen molar-refractivity contribution in [2.24, 2.45) is 0 Å². The Balaban J connectivity index is 2.11. The number of rotatable bonds is 4. The first kappa shape index (κ1) is 16.1. The van der Waals surface area contributed by atoms with Crippen molar-refractivity contribution in [3.63, 3.8) is 0 Å². The maximum Gasteiger partial charge on any atom is 0.412 e. The van der Waals surface area contributed by atoms with Crippen LogP contribution in [-0.2, 0) is 9.53 Å². The number of carbonyl (C=O) groups excluding carboxylic acids is 1. The van der Waals surface area contributed by atoms with Crippen LogP contribution in [0.15, 0.2) is 48.5 Å². The van der Waals surface area contributed by atoms with Gasteiger partial charge in [-0.2, -0.15) is 0 Å². The van der Waals surface area contributed by atoms with Crippen LogP contribution >= 0.6 is 23.2 Å². The highest BCUT2D eigenvalue weighted by Crippen LogP contribution is 2.26. The molecule has 0 radical (unpaired) electrons. The fourth-order valence-corrected chi connectivity index (χ4v) is 2.08. The minimum Gasteiger partial charge on any atom is -0.478 e. The minimum atomic E-state index is -1.50. The molecule has 0 aliphatic carbocycles. The maximum atomic E-state index is 11.8. The van der Waals surface area contributed by atoms with Crippen LogP contribution in [0.2, 0.25) is 10.0 Å². The normalized spacial score (nSPS) is 11.5. The third-order valence-corrected chi connectivity index (χ3v) is 3.32. The molecule has 22 heavy (non-hydrogen) atoms. The molecule has 0 fully saturated rings. The maximum absolute atomic E-state index is 11.8. The summed E-state index contributed by atoms with van der Waals surface area (Å²) < 4.78 is 4.95. The van der Waals surface area contributed by atoms with E-state index >= 15 is 0 Å². The van der Waals surface area contributed by atoms with E-state index < -0.39 is 18.2 Å². The minimum absolute atomic E-state index is 0.197. The van der Waals surface area contributed by atoms with E-state index in [9.17, 15) is 14.7 Å². The summed E-state index contributed by atoms with van der Waals surface area (Å²) in [6.07, 6.45) is -2.41. The van der Waals surface area contributed by atoms with E-state index in [0.29, 0.717) is 10.7 Å². The van der Waals surface area contributed by atoms with Gasteiger partial charge in [-0.25, -0.2) is 9.59 Å². The summed E-state index contributed by atoms with van der Waals surface area (Å²) in [5.74, 6) is -1.32. The molecule has 5 nitrogen and oxygen atoms in total. The van der Waals surface area contributed by atoms with Crippen molar-refractivity contribution in [3.8, 4) is 0 Å². The molecule has 1 atom stereocenters. The number of carbonyl (C=O) groups is 2. The van der Waals surface area contributed by atoms with Gasteiger partial charge in [0.2, 0.25) is 6.10 Å². The molecular formula is C15H11Cl2NO4. The molecule has 114 valence electrons. The van der Waals surface area contributed by atoms with Crippen LogP contribution in [0.3, 0.4) is 0 Å². The zero-order valence-electron chi connectivity index (χ0n) is 11.1. The number of amides is 1. The number of nitrogens with one attached hydrogen (secondary N) is 1. The summed E-state index contributed by atoms with van der Waals surface area (Å²) >= 11 is 11.7. The summed E-state index contributed by atoms with van der Waals surface area (Å²) in [6.45, 7) is 0. The van der Waals surface area contributed by atoms with Crippen LogP contribution in [0.4, 0.5) is 10.5 Å². The first-order valence-electron chi connectivity index (χ1n) is 6.18. The van der Waals surface area contributed by atoms with Crippen LogP contribution in [0.1, 0.15) is 11.7 Å². The molecule has 0 aliphatic heterocycles. The number of benzene rings is 2. The highest BCUT2D eigenvalue weighted by Gasteiger charge is 2.26. The zero-order chi connectivity index (χ0) is 16.1. The van der Waals surface area contributed by atoms with E-state index in [1.165, 1.54) is 12.1 Å². The number of aliphatic carboxylic acids is 1. The predicted molar refractivity (Wildman–Crippen MR) is 83.4 cm³/mol. The van der Waals surface area contributed by atoms with Crippen molar-refractivity contribution in [2.45, 2.75) is 6.10 Å². The summed E-state index contributed by atoms with van der Waals surface area (Å²) in [6, 6.07) is 12.6. The van der Waals surface area contributed by atoms with E-state index in [2.05, 4.69) is 5.32 Å². The standard InChI is InChI=1S/C15H11Cl2NO4/c16-9-5-7-10(8-6-9)18-15(21)22-13(14(19)20)11-3-1-2-4-12(11)17/h1-8,13H,(H,18,21)(H,19,20). The summed E-state index contributed by atoms with van der Waals surface area (Å²) in [5, 5.41) is 12.4. The molecule has 2 rings (SSSR count). The van der Waals surface area contributed by atoms with Crippen molar-refractivity contribution in [2.75, 3.05) is 5.32 Å². The van der Waals surface area contributed by atoms with Gasteiger partial charge in [0.1, 0.15) is 0 Å². The van der Waals surface area contributed by atoms with Crippen LogP contribution in [0.5, 0.6) is 0 Å². The highest BCUT2D eigenvalue weighted by atomic mass is 35.5. The van der Waals surface area contributed by atoms with Crippen LogP contribution < -0.4 is 5.32 Å². The fourth-order valence-electron chi connectivity index (χ4n) is 1.72. The Hall–Kier alpha value is -2.24. The van der Waals surface area contributed by atoms with E-state index in [-0.39, 0.29) is 10.6 Å². The second-order valence-electron chi connectivity index (χ2n) is 4.28. The Kier molecular flexibility index (Phi) is 5.25. The number of halogens is 2. The molecule has 0 saturated carbocycles. The predicted octanol–water partition coefficient (Wildman–Crippen LogP) is 4.37. The summed E-state index contributed by atoms with van der Waals surface area (Å²) in [5.41, 5.74) is 0.626. The molecule has 7 heteroatoms. The molecule has 2 N–H and O–H groups in total. The summed E-state index contributed by atoms with van der Waals surface area (Å²) in [7, 11) is 0. The van der Waals surface area contributed by atoms with E-state index in [0.717, 1.165) is 0 Å². The molecule has 2 aromatic rings. The Bertz CT molecular complexity index is 688. The number of carboxylic acids is 1. The van der Waals surface area contributed by atoms with E-state index in [1.54, 1.807) is 36.4 Å². The summed E-state index contributed by atoms with van der Waals surface area (Å²) in [4.78, 5) is 23.1. The van der Waals surface area contributed by atoms with Crippen LogP contribution in [0, 0.1) is 0 Å². The average Bonchev–Trinajstić information content (AvgIpc) is 2.48. The van der Waals surface area contributed by atoms with Crippen molar-refractivity contribution in [3.05, 3.63) is 64.1 Å². The van der Waals surface area contributed by atoms with Gasteiger partial charge in [-0.05, 0) is 30.3 Å². The van der Waals surface area contributed by atoms with Crippen LogP contribution in [0.25, 0.3) is 0 Å². The van der Waals surface area contributed by atoms with Crippen molar-refractivity contribution in [1.82, 2.24) is 0 Å². The SMILES string of the molecule is O=C(Nc1ccc(Cl)cc1)OC(C(=O)O)c1ccccc1Cl. The number of ether oxygens (including phenoxy) is 1. The number of carboxylic acid groups (broad SMARTS) is 1. The fraction of sp³-hybridized carbons (Fsp3) is 0.0667. The second kappa shape index (κ2) is 7.15. The molecular weight excluding hydrogens is 329 g/mol. The quantitative estimate of drug-likeness (QED) is 0.867. The third kappa shape index (κ3) is 4.13. The van der Waals surface area contributed by atoms with Gasteiger partial charge in [-0.1, -0.05) is 41.4 Å². The smallest absolute Gasteiger partial charge is 0.412 e. The lowest BCUT2D eigenvalue weighted by atomic mass is 10.1. The van der Waals surface area contributed by atoms with E-state index in [1.807, 2.05) is 0 Å². The van der Waals surface area contributed by atoms with Gasteiger partial charge < -0.3 is 9.84 Å². The molecule has 0 spiro atoms. The second-order valence-corrected chi connectivity index (χ2v) is 5.12. The van der Waals surface area contributed by atoms with Gasteiger partial charge >= 0.3 is 12.1 Å². The van der Waals surface area contributed by atoms with Gasteiger partial charge in [-0.15, -0.1) is 0 Å². The molecule has 0 heterocycles. The Morgan fingerprint density at radius 1 is 1.05 bits per heavy atom. The van der Waals surface area contributed by atoms with Gasteiger partial charge in [0.15, 0.2) is 0 Å². The lowest BCUT2D eigenvalue weighted by molar-refractivity contribution is -0.146. The van der Waals surface area contributed by atoms with Gasteiger partial charge in [-0.3, -0.25) is 5.32 Å². The molecule has 1 unspecified atom stereocenters. The lowest BCUT2D eigenvalue weighted by Crippen LogP contribution is -2.23. The van der Waals surface area contributed by atoms with Gasteiger partial charge in [0, 0.05) is 21.3 Å².